The minimum absolute atomic E-state index is 0.0648. The van der Waals surface area contributed by atoms with E-state index >= 15 is 0 Å². The predicted octanol–water partition coefficient (Wildman–Crippen LogP) is 3.82. The summed E-state index contributed by atoms with van der Waals surface area (Å²) in [5.74, 6) is 0.0648. The zero-order valence-electron chi connectivity index (χ0n) is 15.9. The number of carbonyl (C=O) groups excluding carboxylic acids is 1. The second-order valence-electron chi connectivity index (χ2n) is 7.28. The van der Waals surface area contributed by atoms with Gasteiger partial charge in [-0.05, 0) is 42.8 Å². The Morgan fingerprint density at radius 2 is 1.69 bits per heavy atom. The molecule has 1 saturated heterocycles. The lowest BCUT2D eigenvalue weighted by Crippen LogP contribution is -2.29. The molecule has 0 spiro atoms. The van der Waals surface area contributed by atoms with Crippen LogP contribution in [-0.4, -0.2) is 43.5 Å². The van der Waals surface area contributed by atoms with Crippen LogP contribution in [0, 0.1) is 0 Å². The first kappa shape index (κ1) is 17.4. The van der Waals surface area contributed by atoms with Gasteiger partial charge in [-0.15, -0.1) is 5.10 Å². The molecule has 0 N–H and O–H groups in total. The summed E-state index contributed by atoms with van der Waals surface area (Å²) in [7, 11) is 0. The lowest BCUT2D eigenvalue weighted by molar-refractivity contribution is 0.0787. The molecule has 1 fully saturated rings. The van der Waals surface area contributed by atoms with Gasteiger partial charge in [0.15, 0.2) is 0 Å². The van der Waals surface area contributed by atoms with Gasteiger partial charge in [0, 0.05) is 42.3 Å². The van der Waals surface area contributed by atoms with Crippen molar-refractivity contribution in [2.24, 2.45) is 0 Å². The van der Waals surface area contributed by atoms with E-state index in [-0.39, 0.29) is 11.9 Å². The van der Waals surface area contributed by atoms with E-state index in [4.69, 9.17) is 0 Å². The Labute approximate surface area is 169 Å². The van der Waals surface area contributed by atoms with Crippen molar-refractivity contribution >= 4 is 5.91 Å². The molecule has 0 unspecified atom stereocenters. The van der Waals surface area contributed by atoms with E-state index < -0.39 is 0 Å². The molecule has 4 aromatic rings. The molecule has 0 bridgehead atoms. The molecule has 3 heterocycles. The van der Waals surface area contributed by atoms with Gasteiger partial charge in [0.25, 0.3) is 5.91 Å². The van der Waals surface area contributed by atoms with Gasteiger partial charge in [-0.25, -0.2) is 4.68 Å². The van der Waals surface area contributed by atoms with Crippen molar-refractivity contribution in [2.45, 2.75) is 12.5 Å². The number of rotatable bonds is 4. The van der Waals surface area contributed by atoms with E-state index in [1.807, 2.05) is 99.5 Å². The van der Waals surface area contributed by atoms with Gasteiger partial charge in [-0.2, -0.15) is 0 Å². The molecule has 1 aliphatic rings. The molecule has 6 nitrogen and oxygen atoms in total. The molecule has 29 heavy (non-hydrogen) atoms. The standard InChI is InChI=1S/C23H21N5O/c29-23(19-8-10-20(11-9-19)26-13-4-5-14-26)27-15-12-21(16-27)28-17-22(24-25-28)18-6-2-1-3-7-18/h1-11,13-14,17,21H,12,15-16H2/t21-/m0/s1. The van der Waals surface area contributed by atoms with E-state index in [1.165, 1.54) is 0 Å². The molecule has 6 heteroatoms. The Kier molecular flexibility index (Phi) is 4.44. The first-order valence-corrected chi connectivity index (χ1v) is 9.78. The number of carbonyl (C=O) groups is 1. The third-order valence-corrected chi connectivity index (χ3v) is 5.42. The largest absolute Gasteiger partial charge is 0.336 e. The number of benzene rings is 2. The maximum atomic E-state index is 12.9. The smallest absolute Gasteiger partial charge is 0.253 e. The third kappa shape index (κ3) is 3.45. The number of nitrogens with zero attached hydrogens (tertiary/aromatic N) is 5. The van der Waals surface area contributed by atoms with Crippen LogP contribution >= 0.6 is 0 Å². The van der Waals surface area contributed by atoms with Crippen molar-refractivity contribution in [3.05, 3.63) is 90.9 Å². The number of hydrogen-bond acceptors (Lipinski definition) is 3. The number of likely N-dealkylation sites (tertiary alicyclic amines) is 1. The number of aromatic nitrogens is 4. The van der Waals surface area contributed by atoms with Gasteiger partial charge in [0.2, 0.25) is 0 Å². The van der Waals surface area contributed by atoms with Crippen LogP contribution in [0.2, 0.25) is 0 Å². The van der Waals surface area contributed by atoms with Crippen molar-refractivity contribution in [3.63, 3.8) is 0 Å². The molecule has 5 rings (SSSR count). The normalized spacial score (nSPS) is 16.3. The summed E-state index contributed by atoms with van der Waals surface area (Å²) in [5.41, 5.74) is 3.66. The van der Waals surface area contributed by atoms with Crippen molar-refractivity contribution in [2.75, 3.05) is 13.1 Å². The van der Waals surface area contributed by atoms with E-state index in [9.17, 15) is 4.79 Å². The fourth-order valence-corrected chi connectivity index (χ4v) is 3.80. The highest BCUT2D eigenvalue weighted by Crippen LogP contribution is 2.25. The molecular weight excluding hydrogens is 362 g/mol. The second-order valence-corrected chi connectivity index (χ2v) is 7.28. The Balaban J connectivity index is 1.27. The van der Waals surface area contributed by atoms with Crippen molar-refractivity contribution in [1.82, 2.24) is 24.5 Å². The fourth-order valence-electron chi connectivity index (χ4n) is 3.80. The first-order chi connectivity index (χ1) is 14.3. The second kappa shape index (κ2) is 7.39. The summed E-state index contributed by atoms with van der Waals surface area (Å²) in [6.45, 7) is 1.37. The van der Waals surface area contributed by atoms with Crippen LogP contribution in [0.1, 0.15) is 22.8 Å². The highest BCUT2D eigenvalue weighted by molar-refractivity contribution is 5.94. The summed E-state index contributed by atoms with van der Waals surface area (Å²) in [4.78, 5) is 14.8. The quantitative estimate of drug-likeness (QED) is 0.538. The van der Waals surface area contributed by atoms with Crippen LogP contribution in [0.3, 0.4) is 0 Å². The van der Waals surface area contributed by atoms with Gasteiger partial charge in [0.05, 0.1) is 12.2 Å². The van der Waals surface area contributed by atoms with E-state index in [1.54, 1.807) is 0 Å². The van der Waals surface area contributed by atoms with E-state index in [0.29, 0.717) is 12.1 Å². The maximum absolute atomic E-state index is 12.9. The highest BCUT2D eigenvalue weighted by Gasteiger charge is 2.29. The average Bonchev–Trinajstić information content (AvgIpc) is 3.55. The van der Waals surface area contributed by atoms with Gasteiger partial charge >= 0.3 is 0 Å². The molecule has 1 atom stereocenters. The van der Waals surface area contributed by atoms with Gasteiger partial charge in [-0.1, -0.05) is 35.5 Å². The summed E-state index contributed by atoms with van der Waals surface area (Å²) < 4.78 is 3.92. The summed E-state index contributed by atoms with van der Waals surface area (Å²) in [6.07, 6.45) is 6.83. The average molecular weight is 383 g/mol. The van der Waals surface area contributed by atoms with Crippen molar-refractivity contribution in [3.8, 4) is 16.9 Å². The minimum atomic E-state index is 0.0648. The van der Waals surface area contributed by atoms with Crippen LogP contribution in [0.5, 0.6) is 0 Å². The zero-order chi connectivity index (χ0) is 19.6. The van der Waals surface area contributed by atoms with Crippen molar-refractivity contribution < 1.29 is 4.79 Å². The van der Waals surface area contributed by atoms with Crippen LogP contribution in [0.25, 0.3) is 16.9 Å². The molecule has 2 aromatic heterocycles. The molecule has 0 radical (unpaired) electrons. The van der Waals surface area contributed by atoms with Crippen molar-refractivity contribution in [1.29, 1.82) is 0 Å². The Bertz CT molecular complexity index is 1100. The molecule has 2 aromatic carbocycles. The topological polar surface area (TPSA) is 56.0 Å². The monoisotopic (exact) mass is 383 g/mol. The number of hydrogen-bond donors (Lipinski definition) is 0. The van der Waals surface area contributed by atoms with Crippen LogP contribution in [0.4, 0.5) is 0 Å². The molecule has 1 amide bonds. The minimum Gasteiger partial charge on any atom is -0.336 e. The lowest BCUT2D eigenvalue weighted by atomic mass is 10.2. The Hall–Kier alpha value is -3.67. The summed E-state index contributed by atoms with van der Waals surface area (Å²) in [6, 6.07) is 21.9. The van der Waals surface area contributed by atoms with Gasteiger partial charge < -0.3 is 9.47 Å². The number of amides is 1. The Morgan fingerprint density at radius 1 is 0.931 bits per heavy atom. The summed E-state index contributed by atoms with van der Waals surface area (Å²) in [5, 5.41) is 8.61. The third-order valence-electron chi connectivity index (χ3n) is 5.42. The summed E-state index contributed by atoms with van der Waals surface area (Å²) >= 11 is 0. The van der Waals surface area contributed by atoms with Crippen LogP contribution in [-0.2, 0) is 0 Å². The molecule has 0 saturated carbocycles. The molecular formula is C23H21N5O. The molecule has 1 aliphatic heterocycles. The maximum Gasteiger partial charge on any atom is 0.253 e. The molecule has 144 valence electrons. The zero-order valence-corrected chi connectivity index (χ0v) is 15.9. The van der Waals surface area contributed by atoms with Crippen LogP contribution < -0.4 is 0 Å². The first-order valence-electron chi connectivity index (χ1n) is 9.78. The van der Waals surface area contributed by atoms with Gasteiger partial charge in [0.1, 0.15) is 5.69 Å². The Morgan fingerprint density at radius 3 is 2.45 bits per heavy atom. The van der Waals surface area contributed by atoms with E-state index in [0.717, 1.165) is 29.9 Å². The van der Waals surface area contributed by atoms with Crippen LogP contribution in [0.15, 0.2) is 85.3 Å². The SMILES string of the molecule is O=C(c1ccc(-n2cccc2)cc1)N1CC[C@H](n2cc(-c3ccccc3)nn2)C1. The fraction of sp³-hybridized carbons (Fsp3) is 0.174. The molecule has 0 aliphatic carbocycles. The predicted molar refractivity (Wildman–Crippen MR) is 111 cm³/mol. The van der Waals surface area contributed by atoms with E-state index in [2.05, 4.69) is 10.3 Å². The highest BCUT2D eigenvalue weighted by atomic mass is 16.2. The van der Waals surface area contributed by atoms with Gasteiger partial charge in [-0.3, -0.25) is 4.79 Å². The lowest BCUT2D eigenvalue weighted by Gasteiger charge is -2.17.